The number of rotatable bonds is 9. The normalized spacial score (nSPS) is 11.9. The Labute approximate surface area is 254 Å². The summed E-state index contributed by atoms with van der Waals surface area (Å²) in [5, 5.41) is 21.2. The first-order valence-corrected chi connectivity index (χ1v) is 12.8. The first kappa shape index (κ1) is 33.0. The van der Waals surface area contributed by atoms with Crippen molar-refractivity contribution >= 4 is 35.5 Å². The van der Waals surface area contributed by atoms with Gasteiger partial charge in [0.05, 0.1) is 16.7 Å². The quantitative estimate of drug-likeness (QED) is 0.0867. The summed E-state index contributed by atoms with van der Waals surface area (Å²) in [7, 11) is 0. The van der Waals surface area contributed by atoms with Crippen LogP contribution in [-0.2, 0) is 5.41 Å². The lowest BCUT2D eigenvalue weighted by Gasteiger charge is -2.38. The second-order valence-electron chi connectivity index (χ2n) is 9.69. The number of alkyl halides is 6. The number of aldehydes is 1. The lowest BCUT2D eigenvalue weighted by Crippen LogP contribution is -2.55. The van der Waals surface area contributed by atoms with E-state index in [1.165, 1.54) is 24.3 Å². The van der Waals surface area contributed by atoms with Gasteiger partial charge in [0.25, 0.3) is 5.91 Å². The van der Waals surface area contributed by atoms with E-state index in [4.69, 9.17) is 10.5 Å². The molecule has 15 heteroatoms. The summed E-state index contributed by atoms with van der Waals surface area (Å²) in [5.41, 5.74) is -5.98. The van der Waals surface area contributed by atoms with Crippen LogP contribution in [-0.4, -0.2) is 46.7 Å². The first-order chi connectivity index (χ1) is 21.5. The second-order valence-corrected chi connectivity index (χ2v) is 9.69. The average molecular weight is 646 g/mol. The van der Waals surface area contributed by atoms with Crippen molar-refractivity contribution in [3.05, 3.63) is 118 Å². The number of carboxylic acids is 2. The molecule has 0 aliphatic rings. The standard InChI is InChI=1S/C31H20F6N2O7/c32-30(33,34)29(31(35,36)37,17-2-1-16(15-40)24(13-17)28(44)45)18-3-12-23(27(42)43)25(14-18)26(41)39-20-6-10-22(11-7-20)46-21-8-4-19(38)5-9-21/h1-15H,38H2,(H,39,41)(H,42,43)(H,44,45). The molecule has 0 unspecified atom stereocenters. The summed E-state index contributed by atoms with van der Waals surface area (Å²) < 4.78 is 94.0. The highest BCUT2D eigenvalue weighted by molar-refractivity contribution is 6.11. The number of carbonyl (C=O) groups excluding carboxylic acids is 2. The van der Waals surface area contributed by atoms with E-state index in [1.807, 2.05) is 0 Å². The van der Waals surface area contributed by atoms with E-state index in [1.54, 1.807) is 24.3 Å². The van der Waals surface area contributed by atoms with E-state index in [-0.39, 0.29) is 42.0 Å². The molecular weight excluding hydrogens is 626 g/mol. The fraction of sp³-hybridized carbons (Fsp3) is 0.0968. The first-order valence-electron chi connectivity index (χ1n) is 12.8. The maximum atomic E-state index is 14.7. The number of halogens is 6. The van der Waals surface area contributed by atoms with E-state index in [2.05, 4.69) is 5.32 Å². The Morgan fingerprint density at radius 2 is 1.15 bits per heavy atom. The molecule has 5 N–H and O–H groups in total. The van der Waals surface area contributed by atoms with Crippen LogP contribution >= 0.6 is 0 Å². The third-order valence-electron chi connectivity index (χ3n) is 6.85. The Morgan fingerprint density at radius 1 is 0.674 bits per heavy atom. The van der Waals surface area contributed by atoms with Crippen molar-refractivity contribution in [1.29, 1.82) is 0 Å². The van der Waals surface area contributed by atoms with Crippen molar-refractivity contribution in [2.75, 3.05) is 11.1 Å². The highest BCUT2D eigenvalue weighted by Crippen LogP contribution is 2.56. The van der Waals surface area contributed by atoms with Gasteiger partial charge < -0.3 is 26.0 Å². The molecule has 0 aliphatic carbocycles. The Bertz CT molecular complexity index is 1810. The van der Waals surface area contributed by atoms with Crippen LogP contribution in [0.2, 0.25) is 0 Å². The highest BCUT2D eigenvalue weighted by atomic mass is 19.4. The van der Waals surface area contributed by atoms with Crippen molar-refractivity contribution in [3.63, 3.8) is 0 Å². The maximum Gasteiger partial charge on any atom is 0.411 e. The third kappa shape index (κ3) is 6.20. The van der Waals surface area contributed by atoms with E-state index >= 15 is 0 Å². The molecule has 0 aliphatic heterocycles. The number of aromatic carboxylic acids is 2. The number of benzene rings is 4. The predicted molar refractivity (Wildman–Crippen MR) is 150 cm³/mol. The summed E-state index contributed by atoms with van der Waals surface area (Å²) >= 11 is 0. The molecule has 0 saturated heterocycles. The molecule has 46 heavy (non-hydrogen) atoms. The van der Waals surface area contributed by atoms with Crippen molar-refractivity contribution in [2.24, 2.45) is 0 Å². The van der Waals surface area contributed by atoms with Crippen molar-refractivity contribution in [2.45, 2.75) is 17.8 Å². The largest absolute Gasteiger partial charge is 0.478 e. The second kappa shape index (κ2) is 12.3. The minimum absolute atomic E-state index is 0.0233. The van der Waals surface area contributed by atoms with E-state index < -0.39 is 69.0 Å². The Morgan fingerprint density at radius 3 is 1.63 bits per heavy atom. The van der Waals surface area contributed by atoms with E-state index in [0.29, 0.717) is 23.6 Å². The Hall–Kier alpha value is -5.86. The van der Waals surface area contributed by atoms with Gasteiger partial charge in [0.2, 0.25) is 5.41 Å². The molecular formula is C31H20F6N2O7. The van der Waals surface area contributed by atoms with Crippen LogP contribution in [0.3, 0.4) is 0 Å². The zero-order valence-corrected chi connectivity index (χ0v) is 22.9. The van der Waals surface area contributed by atoms with Crippen molar-refractivity contribution in [3.8, 4) is 11.5 Å². The third-order valence-corrected chi connectivity index (χ3v) is 6.85. The SMILES string of the molecule is Nc1ccc(Oc2ccc(NC(=O)c3cc(C(c4ccc(C=O)c(C(=O)O)c4)(C(F)(F)F)C(F)(F)F)ccc3C(=O)O)cc2)cc1. The number of amides is 1. The lowest BCUT2D eigenvalue weighted by atomic mass is 9.71. The van der Waals surface area contributed by atoms with Gasteiger partial charge in [-0.3, -0.25) is 9.59 Å². The summed E-state index contributed by atoms with van der Waals surface area (Å²) in [5.74, 6) is -4.50. The number of hydrogen-bond donors (Lipinski definition) is 4. The lowest BCUT2D eigenvalue weighted by molar-refractivity contribution is -0.288. The molecule has 0 saturated carbocycles. The van der Waals surface area contributed by atoms with Gasteiger partial charge in [-0.25, -0.2) is 9.59 Å². The predicted octanol–water partition coefficient (Wildman–Crippen LogP) is 6.93. The number of hydrogen-bond acceptors (Lipinski definition) is 6. The number of carbonyl (C=O) groups is 4. The molecule has 9 nitrogen and oxygen atoms in total. The van der Waals surface area contributed by atoms with Gasteiger partial charge in [0, 0.05) is 16.9 Å². The van der Waals surface area contributed by atoms with Crippen LogP contribution in [0, 0.1) is 0 Å². The van der Waals surface area contributed by atoms with E-state index in [9.17, 15) is 55.7 Å². The Balaban J connectivity index is 1.82. The van der Waals surface area contributed by atoms with Gasteiger partial charge in [-0.15, -0.1) is 0 Å². The molecule has 0 spiro atoms. The average Bonchev–Trinajstić information content (AvgIpc) is 2.98. The number of nitrogens with one attached hydrogen (secondary N) is 1. The Kier molecular flexibility index (Phi) is 8.81. The van der Waals surface area contributed by atoms with Gasteiger partial charge in [0.15, 0.2) is 6.29 Å². The molecule has 4 rings (SSSR count). The molecule has 0 atom stereocenters. The molecule has 0 radical (unpaired) electrons. The van der Waals surface area contributed by atoms with Crippen LogP contribution in [0.5, 0.6) is 11.5 Å². The molecule has 4 aromatic carbocycles. The summed E-state index contributed by atoms with van der Waals surface area (Å²) in [6, 6.07) is 13.2. The minimum Gasteiger partial charge on any atom is -0.478 e. The fourth-order valence-corrected chi connectivity index (χ4v) is 4.69. The minimum atomic E-state index is -6.22. The van der Waals surface area contributed by atoms with Gasteiger partial charge in [-0.2, -0.15) is 26.3 Å². The van der Waals surface area contributed by atoms with Gasteiger partial charge in [-0.05, 0) is 77.9 Å². The fourth-order valence-electron chi connectivity index (χ4n) is 4.69. The zero-order valence-electron chi connectivity index (χ0n) is 22.9. The number of carboxylic acid groups (broad SMARTS) is 2. The van der Waals surface area contributed by atoms with Crippen molar-refractivity contribution in [1.82, 2.24) is 0 Å². The van der Waals surface area contributed by atoms with Crippen LogP contribution in [0.25, 0.3) is 0 Å². The molecule has 0 aromatic heterocycles. The molecule has 0 fully saturated rings. The number of nitrogen functional groups attached to an aromatic ring is 1. The molecule has 0 bridgehead atoms. The maximum absolute atomic E-state index is 14.7. The van der Waals surface area contributed by atoms with Crippen LogP contribution in [0.15, 0.2) is 84.9 Å². The van der Waals surface area contributed by atoms with Gasteiger partial charge in [-0.1, -0.05) is 18.2 Å². The number of ether oxygens (including phenoxy) is 1. The zero-order chi connectivity index (χ0) is 34.0. The summed E-state index contributed by atoms with van der Waals surface area (Å²) in [6.45, 7) is 0. The number of nitrogens with two attached hydrogens (primary N) is 1. The van der Waals surface area contributed by atoms with Gasteiger partial charge >= 0.3 is 24.3 Å². The van der Waals surface area contributed by atoms with E-state index in [0.717, 1.165) is 0 Å². The van der Waals surface area contributed by atoms with Crippen LogP contribution in [0.1, 0.15) is 52.6 Å². The van der Waals surface area contributed by atoms with Crippen LogP contribution in [0.4, 0.5) is 37.7 Å². The topological polar surface area (TPSA) is 156 Å². The van der Waals surface area contributed by atoms with Gasteiger partial charge in [0.1, 0.15) is 11.5 Å². The van der Waals surface area contributed by atoms with Crippen LogP contribution < -0.4 is 15.8 Å². The molecule has 4 aromatic rings. The summed E-state index contributed by atoms with van der Waals surface area (Å²) in [4.78, 5) is 47.9. The van der Waals surface area contributed by atoms with Crippen molar-refractivity contribution < 1.29 is 60.5 Å². The highest BCUT2D eigenvalue weighted by Gasteiger charge is 2.72. The smallest absolute Gasteiger partial charge is 0.411 e. The molecule has 1 amide bonds. The monoisotopic (exact) mass is 646 g/mol. The molecule has 238 valence electrons. The summed E-state index contributed by atoms with van der Waals surface area (Å²) in [6.07, 6.45) is -12.5. The molecule has 0 heterocycles. The number of anilines is 2.